The lowest BCUT2D eigenvalue weighted by Gasteiger charge is -2.34. The van der Waals surface area contributed by atoms with Gasteiger partial charge in [0.05, 0.1) is 22.6 Å². The number of ether oxygens (including phenoxy) is 1. The molecule has 2 atom stereocenters. The van der Waals surface area contributed by atoms with Gasteiger partial charge < -0.3 is 9.64 Å². The maximum absolute atomic E-state index is 13.6. The SMILES string of the molecule is CCOC(=O)C1CCCN(C(=O)C(C(=O)c2ccc(Cl)cc2Cl)n2cc(Cl)ccc2=O)C1. The van der Waals surface area contributed by atoms with E-state index in [0.717, 1.165) is 4.57 Å². The third kappa shape index (κ3) is 5.34. The predicted molar refractivity (Wildman–Crippen MR) is 121 cm³/mol. The maximum atomic E-state index is 13.6. The molecule has 170 valence electrons. The van der Waals surface area contributed by atoms with Crippen LogP contribution in [0.3, 0.4) is 0 Å². The number of rotatable bonds is 6. The Labute approximate surface area is 199 Å². The zero-order chi connectivity index (χ0) is 23.4. The summed E-state index contributed by atoms with van der Waals surface area (Å²) in [4.78, 5) is 53.2. The lowest BCUT2D eigenvalue weighted by Crippen LogP contribution is -2.48. The second-order valence-electron chi connectivity index (χ2n) is 7.36. The van der Waals surface area contributed by atoms with Crippen LogP contribution in [0.25, 0.3) is 0 Å². The van der Waals surface area contributed by atoms with Crippen molar-refractivity contribution in [2.75, 3.05) is 19.7 Å². The Morgan fingerprint density at radius 3 is 2.53 bits per heavy atom. The van der Waals surface area contributed by atoms with E-state index >= 15 is 0 Å². The first-order chi connectivity index (χ1) is 15.2. The van der Waals surface area contributed by atoms with Crippen molar-refractivity contribution in [3.05, 3.63) is 67.5 Å². The van der Waals surface area contributed by atoms with Crippen LogP contribution in [0.1, 0.15) is 36.2 Å². The van der Waals surface area contributed by atoms with Crippen molar-refractivity contribution < 1.29 is 19.1 Å². The van der Waals surface area contributed by atoms with Crippen LogP contribution in [0.4, 0.5) is 0 Å². The van der Waals surface area contributed by atoms with Crippen molar-refractivity contribution in [2.24, 2.45) is 5.92 Å². The van der Waals surface area contributed by atoms with Gasteiger partial charge in [-0.3, -0.25) is 23.7 Å². The fraction of sp³-hybridized carbons (Fsp3) is 0.364. The number of pyridine rings is 1. The lowest BCUT2D eigenvalue weighted by atomic mass is 9.96. The van der Waals surface area contributed by atoms with Crippen LogP contribution in [-0.4, -0.2) is 46.8 Å². The van der Waals surface area contributed by atoms with Crippen LogP contribution >= 0.6 is 34.8 Å². The molecule has 2 unspecified atom stereocenters. The molecular weight excluding hydrogens is 479 g/mol. The monoisotopic (exact) mass is 498 g/mol. The number of nitrogens with zero attached hydrogens (tertiary/aromatic N) is 2. The second kappa shape index (κ2) is 10.5. The third-order valence-corrected chi connectivity index (χ3v) is 5.98. The van der Waals surface area contributed by atoms with Gasteiger partial charge in [0, 0.05) is 35.9 Å². The molecule has 1 aliphatic rings. The number of Topliss-reactive ketones (excluding diaryl/α,β-unsaturated/α-hetero) is 1. The number of piperidine rings is 1. The highest BCUT2D eigenvalue weighted by Crippen LogP contribution is 2.28. The first kappa shape index (κ1) is 24.3. The zero-order valence-electron chi connectivity index (χ0n) is 17.2. The van der Waals surface area contributed by atoms with Crippen molar-refractivity contribution in [1.82, 2.24) is 9.47 Å². The van der Waals surface area contributed by atoms with Crippen LogP contribution in [0.5, 0.6) is 0 Å². The zero-order valence-corrected chi connectivity index (χ0v) is 19.5. The number of carbonyl (C=O) groups excluding carboxylic acids is 3. The summed E-state index contributed by atoms with van der Waals surface area (Å²) in [5.41, 5.74) is -0.537. The van der Waals surface area contributed by atoms with Gasteiger partial charge in [-0.15, -0.1) is 0 Å². The summed E-state index contributed by atoms with van der Waals surface area (Å²) >= 11 is 18.2. The van der Waals surface area contributed by atoms with Crippen molar-refractivity contribution >= 4 is 52.5 Å². The molecule has 2 aromatic rings. The largest absolute Gasteiger partial charge is 0.466 e. The molecule has 32 heavy (non-hydrogen) atoms. The highest BCUT2D eigenvalue weighted by atomic mass is 35.5. The number of hydrogen-bond donors (Lipinski definition) is 0. The molecule has 2 heterocycles. The molecule has 1 aromatic carbocycles. The highest BCUT2D eigenvalue weighted by Gasteiger charge is 2.38. The van der Waals surface area contributed by atoms with Gasteiger partial charge >= 0.3 is 5.97 Å². The standard InChI is InChI=1S/C22H21Cl3N2O5/c1-2-32-22(31)13-4-3-9-26(11-13)21(30)19(27-12-15(24)6-8-18(27)28)20(29)16-7-5-14(23)10-17(16)25/h5-8,10,12-13,19H,2-4,9,11H2,1H3. The Bertz CT molecular complexity index is 1100. The number of amides is 1. The third-order valence-electron chi connectivity index (χ3n) is 5.21. The van der Waals surface area contributed by atoms with Crippen molar-refractivity contribution in [3.8, 4) is 0 Å². The van der Waals surface area contributed by atoms with Gasteiger partial charge in [-0.25, -0.2) is 0 Å². The first-order valence-electron chi connectivity index (χ1n) is 10.0. The Balaban J connectivity index is 2.01. The van der Waals surface area contributed by atoms with Crippen LogP contribution in [0.2, 0.25) is 15.1 Å². The molecule has 7 nitrogen and oxygen atoms in total. The first-order valence-corrected chi connectivity index (χ1v) is 11.2. The van der Waals surface area contributed by atoms with Crippen LogP contribution in [0, 0.1) is 5.92 Å². The van der Waals surface area contributed by atoms with E-state index in [1.807, 2.05) is 0 Å². The molecule has 0 spiro atoms. The van der Waals surface area contributed by atoms with Gasteiger partial charge in [0.25, 0.3) is 11.5 Å². The number of ketones is 1. The predicted octanol–water partition coefficient (Wildman–Crippen LogP) is 4.03. The molecule has 1 aromatic heterocycles. The van der Waals surface area contributed by atoms with Crippen LogP contribution < -0.4 is 5.56 Å². The second-order valence-corrected chi connectivity index (χ2v) is 8.64. The topological polar surface area (TPSA) is 85.7 Å². The van der Waals surface area contributed by atoms with Gasteiger partial charge in [0.2, 0.25) is 0 Å². The van der Waals surface area contributed by atoms with E-state index in [9.17, 15) is 19.2 Å². The molecule has 1 amide bonds. The highest BCUT2D eigenvalue weighted by molar-refractivity contribution is 6.37. The summed E-state index contributed by atoms with van der Waals surface area (Å²) in [6, 6.07) is 5.27. The fourth-order valence-electron chi connectivity index (χ4n) is 3.68. The summed E-state index contributed by atoms with van der Waals surface area (Å²) < 4.78 is 6.08. The molecule has 3 rings (SSSR count). The van der Waals surface area contributed by atoms with E-state index in [1.165, 1.54) is 41.4 Å². The van der Waals surface area contributed by atoms with Gasteiger partial charge in [0.1, 0.15) is 0 Å². The summed E-state index contributed by atoms with van der Waals surface area (Å²) in [5, 5.41) is 0.557. The van der Waals surface area contributed by atoms with Gasteiger partial charge in [-0.05, 0) is 44.0 Å². The summed E-state index contributed by atoms with van der Waals surface area (Å²) in [6.45, 7) is 2.37. The number of hydrogen-bond acceptors (Lipinski definition) is 5. The maximum Gasteiger partial charge on any atom is 0.310 e. The average Bonchev–Trinajstić information content (AvgIpc) is 2.76. The number of benzene rings is 1. The molecule has 10 heteroatoms. The molecule has 0 bridgehead atoms. The van der Waals surface area contributed by atoms with E-state index in [2.05, 4.69) is 0 Å². The number of aromatic nitrogens is 1. The Morgan fingerprint density at radius 2 is 1.84 bits per heavy atom. The van der Waals surface area contributed by atoms with Crippen molar-refractivity contribution in [2.45, 2.75) is 25.8 Å². The average molecular weight is 500 g/mol. The summed E-state index contributed by atoms with van der Waals surface area (Å²) in [5.74, 6) is -2.20. The Morgan fingerprint density at radius 1 is 1.12 bits per heavy atom. The van der Waals surface area contributed by atoms with Gasteiger partial charge in [-0.2, -0.15) is 0 Å². The number of carbonyl (C=O) groups is 3. The molecule has 0 aliphatic carbocycles. The van der Waals surface area contributed by atoms with Crippen molar-refractivity contribution in [1.29, 1.82) is 0 Å². The minimum absolute atomic E-state index is 0.0419. The van der Waals surface area contributed by atoms with Gasteiger partial charge in [0.15, 0.2) is 11.8 Å². The van der Waals surface area contributed by atoms with Crippen molar-refractivity contribution in [3.63, 3.8) is 0 Å². The molecule has 1 saturated heterocycles. The Kier molecular flexibility index (Phi) is 7.98. The minimum Gasteiger partial charge on any atom is -0.466 e. The summed E-state index contributed by atoms with van der Waals surface area (Å²) in [7, 11) is 0. The number of halogens is 3. The molecule has 0 radical (unpaired) electrons. The van der Waals surface area contributed by atoms with E-state index in [1.54, 1.807) is 6.92 Å². The molecule has 1 fully saturated rings. The number of likely N-dealkylation sites (tertiary alicyclic amines) is 1. The fourth-order valence-corrected chi connectivity index (χ4v) is 4.34. The molecule has 1 aliphatic heterocycles. The molecule has 0 N–H and O–H groups in total. The van der Waals surface area contributed by atoms with Crippen LogP contribution in [-0.2, 0) is 14.3 Å². The van der Waals surface area contributed by atoms with E-state index < -0.39 is 35.2 Å². The molecule has 0 saturated carbocycles. The lowest BCUT2D eigenvalue weighted by molar-refractivity contribution is -0.151. The normalized spacial score (nSPS) is 17.0. The van der Waals surface area contributed by atoms with E-state index in [0.29, 0.717) is 24.4 Å². The number of esters is 1. The van der Waals surface area contributed by atoms with E-state index in [4.69, 9.17) is 39.5 Å². The van der Waals surface area contributed by atoms with Crippen LogP contribution in [0.15, 0.2) is 41.3 Å². The van der Waals surface area contributed by atoms with Gasteiger partial charge in [-0.1, -0.05) is 34.8 Å². The smallest absolute Gasteiger partial charge is 0.310 e. The van der Waals surface area contributed by atoms with E-state index in [-0.39, 0.29) is 28.8 Å². The quantitative estimate of drug-likeness (QED) is 0.340. The Hall–Kier alpha value is -2.35. The minimum atomic E-state index is -1.54. The summed E-state index contributed by atoms with van der Waals surface area (Å²) in [6.07, 6.45) is 2.37. The molecular formula is C22H21Cl3N2O5.